The third-order valence-electron chi connectivity index (χ3n) is 6.10. The fourth-order valence-corrected chi connectivity index (χ4v) is 4.29. The summed E-state index contributed by atoms with van der Waals surface area (Å²) in [4.78, 5) is 19.0. The van der Waals surface area contributed by atoms with Gasteiger partial charge in [0.15, 0.2) is 17.5 Å². The molecule has 0 fully saturated rings. The standard InChI is InChI=1S/C30H24N6/c1-4-11-21(12-5-1)27-32-25(24-17-10-18-31-20-24)19-26(33-27)30-35-28(22-13-6-2-7-14-22)34-29(36-30)23-15-8-3-9-16-23/h1-20,25,27,32-33H. The number of benzene rings is 3. The monoisotopic (exact) mass is 468 g/mol. The van der Waals surface area contributed by atoms with Crippen LogP contribution >= 0.6 is 0 Å². The van der Waals surface area contributed by atoms with Crippen molar-refractivity contribution in [2.24, 2.45) is 0 Å². The highest BCUT2D eigenvalue weighted by molar-refractivity contribution is 5.67. The van der Waals surface area contributed by atoms with Gasteiger partial charge in [0.25, 0.3) is 0 Å². The van der Waals surface area contributed by atoms with E-state index in [-0.39, 0.29) is 12.2 Å². The molecule has 36 heavy (non-hydrogen) atoms. The summed E-state index contributed by atoms with van der Waals surface area (Å²) >= 11 is 0. The topological polar surface area (TPSA) is 75.6 Å². The molecule has 0 saturated heterocycles. The normalized spacial score (nSPS) is 17.2. The molecule has 6 rings (SSSR count). The molecule has 3 aromatic carbocycles. The SMILES string of the molecule is C1=C(c2nc(-c3ccccc3)nc(-c3ccccc3)n2)NC(c2ccccc2)NC1c1cccnc1. The summed E-state index contributed by atoms with van der Waals surface area (Å²) in [6.45, 7) is 0. The highest BCUT2D eigenvalue weighted by Crippen LogP contribution is 2.29. The van der Waals surface area contributed by atoms with Gasteiger partial charge in [-0.3, -0.25) is 10.3 Å². The van der Waals surface area contributed by atoms with Crippen molar-refractivity contribution in [3.63, 3.8) is 0 Å². The van der Waals surface area contributed by atoms with Gasteiger partial charge in [-0.25, -0.2) is 15.0 Å². The first kappa shape index (κ1) is 21.8. The summed E-state index contributed by atoms with van der Waals surface area (Å²) in [7, 11) is 0. The van der Waals surface area contributed by atoms with Crippen LogP contribution in [0.4, 0.5) is 0 Å². The van der Waals surface area contributed by atoms with Crippen molar-refractivity contribution in [3.8, 4) is 22.8 Å². The Kier molecular flexibility index (Phi) is 6.00. The van der Waals surface area contributed by atoms with E-state index in [1.165, 1.54) is 0 Å². The lowest BCUT2D eigenvalue weighted by Gasteiger charge is -2.32. The summed E-state index contributed by atoms with van der Waals surface area (Å²) in [5.41, 5.74) is 4.91. The van der Waals surface area contributed by atoms with Gasteiger partial charge in [0.05, 0.1) is 11.7 Å². The Morgan fingerprint density at radius 1 is 0.556 bits per heavy atom. The van der Waals surface area contributed by atoms with E-state index < -0.39 is 0 Å². The molecule has 2 aromatic heterocycles. The molecule has 0 saturated carbocycles. The lowest BCUT2D eigenvalue weighted by Crippen LogP contribution is -2.40. The van der Waals surface area contributed by atoms with Gasteiger partial charge in [-0.15, -0.1) is 0 Å². The number of nitrogens with one attached hydrogen (secondary N) is 2. The lowest BCUT2D eigenvalue weighted by molar-refractivity contribution is 0.440. The van der Waals surface area contributed by atoms with Crippen molar-refractivity contribution in [1.29, 1.82) is 0 Å². The minimum Gasteiger partial charge on any atom is -0.363 e. The van der Waals surface area contributed by atoms with Crippen LogP contribution in [0.3, 0.4) is 0 Å². The van der Waals surface area contributed by atoms with Crippen molar-refractivity contribution in [3.05, 3.63) is 139 Å². The van der Waals surface area contributed by atoms with Crippen LogP contribution in [0.25, 0.3) is 28.5 Å². The number of nitrogens with zero attached hydrogens (tertiary/aromatic N) is 4. The quantitative estimate of drug-likeness (QED) is 0.351. The molecule has 6 heteroatoms. The zero-order valence-corrected chi connectivity index (χ0v) is 19.5. The maximum Gasteiger partial charge on any atom is 0.179 e. The Labute approximate surface area is 209 Å². The molecule has 0 aliphatic carbocycles. The summed E-state index contributed by atoms with van der Waals surface area (Å²) in [5, 5.41) is 7.30. The van der Waals surface area contributed by atoms with Gasteiger partial charge in [-0.1, -0.05) is 97.1 Å². The highest BCUT2D eigenvalue weighted by atomic mass is 15.2. The van der Waals surface area contributed by atoms with Crippen molar-refractivity contribution in [1.82, 2.24) is 30.6 Å². The summed E-state index contributed by atoms with van der Waals surface area (Å²) in [6.07, 6.45) is 5.66. The first-order chi connectivity index (χ1) is 17.8. The number of hydrogen-bond acceptors (Lipinski definition) is 6. The van der Waals surface area contributed by atoms with Crippen LogP contribution in [0.5, 0.6) is 0 Å². The fraction of sp³-hybridized carbons (Fsp3) is 0.0667. The molecule has 1 aliphatic heterocycles. The molecule has 2 atom stereocenters. The van der Waals surface area contributed by atoms with Crippen LogP contribution in [-0.2, 0) is 0 Å². The summed E-state index contributed by atoms with van der Waals surface area (Å²) in [6, 6.07) is 34.3. The van der Waals surface area contributed by atoms with Crippen LogP contribution in [-0.4, -0.2) is 19.9 Å². The second-order valence-corrected chi connectivity index (χ2v) is 8.54. The number of aromatic nitrogens is 4. The highest BCUT2D eigenvalue weighted by Gasteiger charge is 2.26. The smallest absolute Gasteiger partial charge is 0.179 e. The minimum atomic E-state index is -0.131. The van der Waals surface area contributed by atoms with Crippen LogP contribution in [0, 0.1) is 0 Å². The van der Waals surface area contributed by atoms with E-state index >= 15 is 0 Å². The average molecular weight is 469 g/mol. The second-order valence-electron chi connectivity index (χ2n) is 8.54. The minimum absolute atomic E-state index is 0.0720. The molecule has 1 aliphatic rings. The van der Waals surface area contributed by atoms with Crippen molar-refractivity contribution >= 4 is 5.70 Å². The molecule has 0 spiro atoms. The number of rotatable bonds is 5. The largest absolute Gasteiger partial charge is 0.363 e. The molecule has 0 amide bonds. The van der Waals surface area contributed by atoms with Gasteiger partial charge in [0.1, 0.15) is 6.17 Å². The Bertz CT molecular complexity index is 1410. The number of pyridine rings is 1. The van der Waals surface area contributed by atoms with Crippen molar-refractivity contribution < 1.29 is 0 Å². The predicted molar refractivity (Wildman–Crippen MR) is 141 cm³/mol. The summed E-state index contributed by atoms with van der Waals surface area (Å²) in [5.74, 6) is 1.86. The van der Waals surface area contributed by atoms with Gasteiger partial charge in [-0.2, -0.15) is 0 Å². The average Bonchev–Trinajstić information content (AvgIpc) is 2.98. The molecule has 2 unspecified atom stereocenters. The molecule has 6 nitrogen and oxygen atoms in total. The Morgan fingerprint density at radius 2 is 1.11 bits per heavy atom. The predicted octanol–water partition coefficient (Wildman–Crippen LogP) is 5.57. The maximum absolute atomic E-state index is 4.91. The van der Waals surface area contributed by atoms with Crippen LogP contribution in [0.15, 0.2) is 122 Å². The zero-order chi connectivity index (χ0) is 24.2. The second kappa shape index (κ2) is 9.90. The van der Waals surface area contributed by atoms with E-state index in [0.29, 0.717) is 17.5 Å². The van der Waals surface area contributed by atoms with Crippen molar-refractivity contribution in [2.75, 3.05) is 0 Å². The molecule has 174 valence electrons. The van der Waals surface area contributed by atoms with Gasteiger partial charge in [0.2, 0.25) is 0 Å². The van der Waals surface area contributed by atoms with Gasteiger partial charge in [-0.05, 0) is 23.3 Å². The van der Waals surface area contributed by atoms with E-state index in [9.17, 15) is 0 Å². The third-order valence-corrected chi connectivity index (χ3v) is 6.10. The van der Waals surface area contributed by atoms with E-state index in [0.717, 1.165) is 28.0 Å². The van der Waals surface area contributed by atoms with Crippen molar-refractivity contribution in [2.45, 2.75) is 12.2 Å². The first-order valence-electron chi connectivity index (χ1n) is 11.9. The van der Waals surface area contributed by atoms with E-state index in [2.05, 4.69) is 39.9 Å². The zero-order valence-electron chi connectivity index (χ0n) is 19.5. The van der Waals surface area contributed by atoms with E-state index in [1.807, 2.05) is 91.1 Å². The Hall–Kier alpha value is -4.68. The molecular formula is C30H24N6. The molecule has 0 radical (unpaired) electrons. The lowest BCUT2D eigenvalue weighted by atomic mass is 10.0. The summed E-state index contributed by atoms with van der Waals surface area (Å²) < 4.78 is 0. The van der Waals surface area contributed by atoms with E-state index in [4.69, 9.17) is 15.0 Å². The fourth-order valence-electron chi connectivity index (χ4n) is 4.29. The van der Waals surface area contributed by atoms with Crippen LogP contribution < -0.4 is 10.6 Å². The van der Waals surface area contributed by atoms with Gasteiger partial charge >= 0.3 is 0 Å². The van der Waals surface area contributed by atoms with Crippen LogP contribution in [0.2, 0.25) is 0 Å². The molecule has 5 aromatic rings. The van der Waals surface area contributed by atoms with Gasteiger partial charge < -0.3 is 5.32 Å². The Balaban J connectivity index is 1.49. The third kappa shape index (κ3) is 4.62. The van der Waals surface area contributed by atoms with E-state index in [1.54, 1.807) is 6.20 Å². The molecule has 2 N–H and O–H groups in total. The first-order valence-corrected chi connectivity index (χ1v) is 11.9. The van der Waals surface area contributed by atoms with Gasteiger partial charge in [0, 0.05) is 23.5 Å². The van der Waals surface area contributed by atoms with Crippen LogP contribution in [0.1, 0.15) is 29.2 Å². The maximum atomic E-state index is 4.91. The molecule has 3 heterocycles. The molecule has 0 bridgehead atoms. The molecular weight excluding hydrogens is 444 g/mol. The number of hydrogen-bond donors (Lipinski definition) is 2. The Morgan fingerprint density at radius 3 is 1.69 bits per heavy atom.